The summed E-state index contributed by atoms with van der Waals surface area (Å²) < 4.78 is 15.8. The van der Waals surface area contributed by atoms with E-state index in [1.807, 2.05) is 0 Å². The Kier molecular flexibility index (Phi) is 4.41. The van der Waals surface area contributed by atoms with Gasteiger partial charge in [0.15, 0.2) is 11.2 Å². The van der Waals surface area contributed by atoms with Gasteiger partial charge in [-0.25, -0.2) is 4.79 Å². The number of nitrogens with two attached hydrogens (primary N) is 1. The highest BCUT2D eigenvalue weighted by Gasteiger charge is 2.63. The van der Waals surface area contributed by atoms with E-state index in [0.29, 0.717) is 22.6 Å². The predicted molar refractivity (Wildman–Crippen MR) is 105 cm³/mol. The van der Waals surface area contributed by atoms with Crippen LogP contribution in [0.5, 0.6) is 0 Å². The molecule has 0 radical (unpaired) electrons. The van der Waals surface area contributed by atoms with E-state index in [0.717, 1.165) is 0 Å². The van der Waals surface area contributed by atoms with E-state index in [2.05, 4.69) is 4.98 Å². The molecule has 1 spiro atoms. The number of carbonyl (C=O) groups excluding carboxylic acids is 3. The van der Waals surface area contributed by atoms with Gasteiger partial charge in [0.1, 0.15) is 12.2 Å². The van der Waals surface area contributed by atoms with Crippen LogP contribution >= 0.6 is 0 Å². The molecule has 9 nitrogen and oxygen atoms in total. The summed E-state index contributed by atoms with van der Waals surface area (Å²) in [5, 5.41) is 0. The number of aromatic nitrogens is 1. The molecule has 0 saturated carbocycles. The summed E-state index contributed by atoms with van der Waals surface area (Å²) in [5.74, 6) is -1.49. The van der Waals surface area contributed by atoms with Gasteiger partial charge in [-0.1, -0.05) is 24.3 Å². The fourth-order valence-electron chi connectivity index (χ4n) is 4.20. The highest BCUT2D eigenvalue weighted by Crippen LogP contribution is 2.57. The fourth-order valence-corrected chi connectivity index (χ4v) is 4.20. The van der Waals surface area contributed by atoms with E-state index in [4.69, 9.17) is 19.6 Å². The molecule has 1 unspecified atom stereocenters. The van der Waals surface area contributed by atoms with Crippen molar-refractivity contribution in [2.24, 2.45) is 0 Å². The van der Waals surface area contributed by atoms with Crippen LogP contribution in [-0.4, -0.2) is 47.5 Å². The van der Waals surface area contributed by atoms with E-state index in [1.54, 1.807) is 45.0 Å². The Hall–Kier alpha value is -3.62. The lowest BCUT2D eigenvalue weighted by atomic mass is 9.74. The van der Waals surface area contributed by atoms with Crippen molar-refractivity contribution in [2.45, 2.75) is 32.3 Å². The molecular formula is C21H21N3O6. The number of amides is 1. The summed E-state index contributed by atoms with van der Waals surface area (Å²) in [6.45, 7) is 4.67. The molecule has 1 aliphatic carbocycles. The van der Waals surface area contributed by atoms with Gasteiger partial charge in [-0.2, -0.15) is 4.98 Å². The van der Waals surface area contributed by atoms with Crippen molar-refractivity contribution in [1.82, 2.24) is 9.88 Å². The lowest BCUT2D eigenvalue weighted by Gasteiger charge is -2.26. The third kappa shape index (κ3) is 2.47. The van der Waals surface area contributed by atoms with Crippen LogP contribution in [0.2, 0.25) is 0 Å². The number of hydrogen-bond acceptors (Lipinski definition) is 8. The van der Waals surface area contributed by atoms with E-state index in [1.165, 1.54) is 12.0 Å². The first-order valence-corrected chi connectivity index (χ1v) is 9.41. The molecule has 1 amide bonds. The summed E-state index contributed by atoms with van der Waals surface area (Å²) in [5.41, 5.74) is 5.92. The maximum absolute atomic E-state index is 13.9. The van der Waals surface area contributed by atoms with Gasteiger partial charge >= 0.3 is 11.9 Å². The molecule has 4 rings (SSSR count). The molecule has 2 aliphatic rings. The Balaban J connectivity index is 2.02. The minimum Gasteiger partial charge on any atom is -0.468 e. The number of fused-ring (bicyclic) bond motifs is 5. The summed E-state index contributed by atoms with van der Waals surface area (Å²) in [6, 6.07) is 6.92. The summed E-state index contributed by atoms with van der Waals surface area (Å²) in [4.78, 5) is 44.6. The fraction of sp³-hybridized carbons (Fsp3) is 0.333. The van der Waals surface area contributed by atoms with Gasteiger partial charge in [0.25, 0.3) is 6.01 Å². The number of esters is 2. The van der Waals surface area contributed by atoms with Crippen LogP contribution in [-0.2, 0) is 29.3 Å². The van der Waals surface area contributed by atoms with E-state index >= 15 is 0 Å². The zero-order chi connectivity index (χ0) is 21.8. The van der Waals surface area contributed by atoms with Crippen molar-refractivity contribution in [3.63, 3.8) is 0 Å². The molecule has 156 valence electrons. The SMILES string of the molecule is COC(=O)CN1C(=O)C2(C(C(=O)OC(C)C)=C1C)c1ccccc1-c1oc(N)nc12. The molecule has 1 aromatic heterocycles. The lowest BCUT2D eigenvalue weighted by Crippen LogP contribution is -2.44. The van der Waals surface area contributed by atoms with Crippen molar-refractivity contribution in [3.8, 4) is 11.3 Å². The van der Waals surface area contributed by atoms with Crippen molar-refractivity contribution < 1.29 is 28.3 Å². The van der Waals surface area contributed by atoms with Crippen LogP contribution in [0.25, 0.3) is 11.3 Å². The maximum Gasteiger partial charge on any atom is 0.337 e. The van der Waals surface area contributed by atoms with Gasteiger partial charge in [0, 0.05) is 11.3 Å². The third-order valence-electron chi connectivity index (χ3n) is 5.34. The molecule has 2 N–H and O–H groups in total. The Morgan fingerprint density at radius 3 is 2.67 bits per heavy atom. The lowest BCUT2D eigenvalue weighted by molar-refractivity contribution is -0.146. The van der Waals surface area contributed by atoms with Gasteiger partial charge < -0.3 is 24.5 Å². The van der Waals surface area contributed by atoms with E-state index in [-0.39, 0.29) is 23.8 Å². The second-order valence-corrected chi connectivity index (χ2v) is 7.41. The molecular weight excluding hydrogens is 390 g/mol. The number of nitrogens with zero attached hydrogens (tertiary/aromatic N) is 2. The first kappa shape index (κ1) is 19.7. The Bertz CT molecular complexity index is 1120. The topological polar surface area (TPSA) is 125 Å². The summed E-state index contributed by atoms with van der Waals surface area (Å²) >= 11 is 0. The Morgan fingerprint density at radius 1 is 1.30 bits per heavy atom. The Labute approximate surface area is 172 Å². The van der Waals surface area contributed by atoms with Crippen LogP contribution < -0.4 is 5.73 Å². The van der Waals surface area contributed by atoms with Gasteiger partial charge in [-0.15, -0.1) is 0 Å². The molecule has 1 aromatic carbocycles. The number of nitrogen functional groups attached to an aromatic ring is 1. The number of oxazole rings is 1. The molecule has 1 aliphatic heterocycles. The maximum atomic E-state index is 13.9. The number of benzene rings is 1. The minimum absolute atomic E-state index is 0.0876. The first-order valence-electron chi connectivity index (χ1n) is 9.41. The van der Waals surface area contributed by atoms with Crippen molar-refractivity contribution in [2.75, 3.05) is 19.4 Å². The predicted octanol–water partition coefficient (Wildman–Crippen LogP) is 1.76. The first-order chi connectivity index (χ1) is 14.2. The number of carbonyl (C=O) groups is 3. The number of allylic oxidation sites excluding steroid dienone is 1. The number of methoxy groups -OCH3 is 1. The van der Waals surface area contributed by atoms with E-state index in [9.17, 15) is 14.4 Å². The van der Waals surface area contributed by atoms with Crippen LogP contribution in [0.3, 0.4) is 0 Å². The number of rotatable bonds is 4. The van der Waals surface area contributed by atoms with Crippen molar-refractivity contribution >= 4 is 23.9 Å². The quantitative estimate of drug-likeness (QED) is 0.755. The number of hydrogen-bond donors (Lipinski definition) is 1. The molecule has 0 fully saturated rings. The molecule has 30 heavy (non-hydrogen) atoms. The number of ether oxygens (including phenoxy) is 2. The van der Waals surface area contributed by atoms with Crippen molar-refractivity contribution in [3.05, 3.63) is 46.8 Å². The summed E-state index contributed by atoms with van der Waals surface area (Å²) in [7, 11) is 1.23. The van der Waals surface area contributed by atoms with Gasteiger partial charge in [0.2, 0.25) is 5.91 Å². The Morgan fingerprint density at radius 2 is 2.00 bits per heavy atom. The normalized spacial score (nSPS) is 19.5. The number of anilines is 1. The summed E-state index contributed by atoms with van der Waals surface area (Å²) in [6.07, 6.45) is -0.418. The average molecular weight is 411 g/mol. The van der Waals surface area contributed by atoms with Crippen molar-refractivity contribution in [1.29, 1.82) is 0 Å². The molecule has 1 atom stereocenters. The van der Waals surface area contributed by atoms with Gasteiger partial charge in [-0.05, 0) is 26.3 Å². The van der Waals surface area contributed by atoms with Gasteiger partial charge in [0.05, 0.1) is 18.8 Å². The smallest absolute Gasteiger partial charge is 0.337 e. The van der Waals surface area contributed by atoms with Crippen LogP contribution in [0.4, 0.5) is 6.01 Å². The highest BCUT2D eigenvalue weighted by molar-refractivity contribution is 6.14. The molecule has 2 aromatic rings. The highest BCUT2D eigenvalue weighted by atomic mass is 16.5. The van der Waals surface area contributed by atoms with Crippen LogP contribution in [0.1, 0.15) is 32.0 Å². The van der Waals surface area contributed by atoms with Crippen LogP contribution in [0.15, 0.2) is 40.0 Å². The molecule has 9 heteroatoms. The van der Waals surface area contributed by atoms with Gasteiger partial charge in [-0.3, -0.25) is 9.59 Å². The zero-order valence-corrected chi connectivity index (χ0v) is 17.0. The molecule has 0 saturated heterocycles. The van der Waals surface area contributed by atoms with E-state index < -0.39 is 29.4 Å². The largest absolute Gasteiger partial charge is 0.468 e. The average Bonchev–Trinajstić information content (AvgIpc) is 3.27. The monoisotopic (exact) mass is 411 g/mol. The standard InChI is InChI=1S/C21H21N3O6/c1-10(2)29-18(26)15-11(3)24(9-14(25)28-4)19(27)21(15)13-8-6-5-7-12(13)16-17(21)23-20(22)30-16/h5-8,10H,9H2,1-4H3,(H2,22,23). The second-order valence-electron chi connectivity index (χ2n) is 7.41. The zero-order valence-electron chi connectivity index (χ0n) is 17.0. The molecule has 0 bridgehead atoms. The minimum atomic E-state index is -1.61. The third-order valence-corrected chi connectivity index (χ3v) is 5.34. The molecule has 2 heterocycles. The second kappa shape index (κ2) is 6.72. The van der Waals surface area contributed by atoms with Crippen LogP contribution in [0, 0.1) is 0 Å².